The van der Waals surface area contributed by atoms with E-state index in [-0.39, 0.29) is 12.5 Å². The molecule has 8 nitrogen and oxygen atoms in total. The van der Waals surface area contributed by atoms with E-state index in [1.54, 1.807) is 12.0 Å². The van der Waals surface area contributed by atoms with Crippen molar-refractivity contribution in [2.45, 2.75) is 12.6 Å². The number of amides is 1. The maximum atomic E-state index is 13.3. The Labute approximate surface area is 162 Å². The molecule has 0 radical (unpaired) electrons. The summed E-state index contributed by atoms with van der Waals surface area (Å²) in [6.45, 7) is 1.49. The third kappa shape index (κ3) is 3.44. The number of morpholine rings is 1. The fourth-order valence-corrected chi connectivity index (χ4v) is 3.42. The molecule has 1 aliphatic heterocycles. The van der Waals surface area contributed by atoms with Crippen molar-refractivity contribution in [3.8, 4) is 11.3 Å². The van der Waals surface area contributed by atoms with Crippen molar-refractivity contribution in [3.63, 3.8) is 0 Å². The van der Waals surface area contributed by atoms with Crippen molar-refractivity contribution in [2.24, 2.45) is 7.05 Å². The van der Waals surface area contributed by atoms with E-state index in [0.29, 0.717) is 37.2 Å². The highest BCUT2D eigenvalue weighted by Gasteiger charge is 2.34. The van der Waals surface area contributed by atoms with Crippen LogP contribution in [0.5, 0.6) is 0 Å². The number of hydrogen-bond acceptors (Lipinski definition) is 6. The minimum atomic E-state index is -0.398. The van der Waals surface area contributed by atoms with Gasteiger partial charge in [0.25, 0.3) is 11.8 Å². The van der Waals surface area contributed by atoms with Crippen molar-refractivity contribution in [3.05, 3.63) is 59.9 Å². The number of benzene rings is 1. The summed E-state index contributed by atoms with van der Waals surface area (Å²) in [6.07, 6.45) is 0. The summed E-state index contributed by atoms with van der Waals surface area (Å²) < 4.78 is 17.7. The van der Waals surface area contributed by atoms with E-state index in [2.05, 4.69) is 10.1 Å². The van der Waals surface area contributed by atoms with Gasteiger partial charge in [-0.05, 0) is 17.7 Å². The van der Waals surface area contributed by atoms with Crippen LogP contribution in [0.25, 0.3) is 11.3 Å². The molecule has 3 heterocycles. The van der Waals surface area contributed by atoms with Crippen LogP contribution in [0.15, 0.2) is 47.0 Å². The maximum absolute atomic E-state index is 13.3. The van der Waals surface area contributed by atoms with Crippen LogP contribution in [0.3, 0.4) is 0 Å². The lowest BCUT2D eigenvalue weighted by Crippen LogP contribution is -2.44. The minimum Gasteiger partial charge on any atom is -0.377 e. The summed E-state index contributed by atoms with van der Waals surface area (Å²) in [7, 11) is 3.46. The van der Waals surface area contributed by atoms with Gasteiger partial charge in [-0.15, -0.1) is 0 Å². The van der Waals surface area contributed by atoms with E-state index in [1.165, 1.54) is 0 Å². The molecule has 1 aromatic carbocycles. The first-order valence-corrected chi connectivity index (χ1v) is 9.10. The standard InChI is InChI=1S/C20H22N4O4/c1-23-15(14-6-4-3-5-7-14)8-9-16(23)20(25)24-10-11-27-12-17(24)19-21-18(13-26-2)28-22-19/h3-9,17H,10-13H2,1-2H3/t17-/m1/s1. The Balaban J connectivity index is 1.61. The molecule has 1 amide bonds. The number of nitrogens with zero attached hydrogens (tertiary/aromatic N) is 4. The second-order valence-electron chi connectivity index (χ2n) is 6.60. The van der Waals surface area contributed by atoms with Gasteiger partial charge in [-0.1, -0.05) is 35.5 Å². The molecule has 8 heteroatoms. The molecule has 1 aliphatic rings. The zero-order valence-corrected chi connectivity index (χ0v) is 15.9. The lowest BCUT2D eigenvalue weighted by atomic mass is 10.2. The molecular formula is C20H22N4O4. The third-order valence-electron chi connectivity index (χ3n) is 4.85. The molecule has 28 heavy (non-hydrogen) atoms. The summed E-state index contributed by atoms with van der Waals surface area (Å²) in [5.74, 6) is 0.717. The second-order valence-corrected chi connectivity index (χ2v) is 6.60. The molecule has 0 unspecified atom stereocenters. The van der Waals surface area contributed by atoms with Crippen LogP contribution >= 0.6 is 0 Å². The molecular weight excluding hydrogens is 360 g/mol. The number of methoxy groups -OCH3 is 1. The fraction of sp³-hybridized carbons (Fsp3) is 0.350. The molecule has 2 aromatic heterocycles. The van der Waals surface area contributed by atoms with Gasteiger partial charge in [0, 0.05) is 26.4 Å². The van der Waals surface area contributed by atoms with Crippen molar-refractivity contribution < 1.29 is 18.8 Å². The van der Waals surface area contributed by atoms with Crippen molar-refractivity contribution in [1.82, 2.24) is 19.6 Å². The molecule has 0 bridgehead atoms. The number of ether oxygens (including phenoxy) is 2. The van der Waals surface area contributed by atoms with E-state index < -0.39 is 6.04 Å². The predicted octanol–water partition coefficient (Wildman–Crippen LogP) is 2.44. The molecule has 1 fully saturated rings. The Bertz CT molecular complexity index is 950. The van der Waals surface area contributed by atoms with Gasteiger partial charge in [0.15, 0.2) is 5.82 Å². The van der Waals surface area contributed by atoms with Gasteiger partial charge in [-0.2, -0.15) is 4.98 Å². The monoisotopic (exact) mass is 382 g/mol. The van der Waals surface area contributed by atoms with E-state index >= 15 is 0 Å². The zero-order chi connectivity index (χ0) is 19.5. The topological polar surface area (TPSA) is 82.6 Å². The molecule has 1 atom stereocenters. The second kappa shape index (κ2) is 7.95. The van der Waals surface area contributed by atoms with E-state index in [9.17, 15) is 4.79 Å². The van der Waals surface area contributed by atoms with Crippen molar-refractivity contribution >= 4 is 5.91 Å². The van der Waals surface area contributed by atoms with Gasteiger partial charge in [0.05, 0.1) is 13.2 Å². The molecule has 4 rings (SSSR count). The average Bonchev–Trinajstić information content (AvgIpc) is 3.35. The highest BCUT2D eigenvalue weighted by Crippen LogP contribution is 2.27. The smallest absolute Gasteiger partial charge is 0.271 e. The van der Waals surface area contributed by atoms with Crippen LogP contribution < -0.4 is 0 Å². The highest BCUT2D eigenvalue weighted by atomic mass is 16.5. The number of hydrogen-bond donors (Lipinski definition) is 0. The molecule has 0 N–H and O–H groups in total. The maximum Gasteiger partial charge on any atom is 0.271 e. The van der Waals surface area contributed by atoms with Crippen LogP contribution in [0, 0.1) is 0 Å². The minimum absolute atomic E-state index is 0.0870. The molecule has 3 aromatic rings. The predicted molar refractivity (Wildman–Crippen MR) is 100 cm³/mol. The average molecular weight is 382 g/mol. The van der Waals surface area contributed by atoms with E-state index in [1.807, 2.05) is 54.1 Å². The summed E-state index contributed by atoms with van der Waals surface area (Å²) in [4.78, 5) is 19.4. The van der Waals surface area contributed by atoms with Gasteiger partial charge in [0.2, 0.25) is 0 Å². The lowest BCUT2D eigenvalue weighted by molar-refractivity contribution is -0.00624. The Kier molecular flexibility index (Phi) is 5.23. The Morgan fingerprint density at radius 1 is 1.25 bits per heavy atom. The van der Waals surface area contributed by atoms with Crippen LogP contribution in [0.4, 0.5) is 0 Å². The summed E-state index contributed by atoms with van der Waals surface area (Å²) in [5.41, 5.74) is 2.65. The largest absolute Gasteiger partial charge is 0.377 e. The first-order valence-electron chi connectivity index (χ1n) is 9.10. The molecule has 0 saturated carbocycles. The normalized spacial score (nSPS) is 17.1. The lowest BCUT2D eigenvalue weighted by Gasteiger charge is -2.33. The summed E-state index contributed by atoms with van der Waals surface area (Å²) >= 11 is 0. The molecule has 1 saturated heterocycles. The van der Waals surface area contributed by atoms with Gasteiger partial charge < -0.3 is 23.5 Å². The Hall–Kier alpha value is -2.97. The Morgan fingerprint density at radius 2 is 2.07 bits per heavy atom. The van der Waals surface area contributed by atoms with E-state index in [0.717, 1.165) is 11.3 Å². The number of carbonyl (C=O) groups excluding carboxylic acids is 1. The number of aromatic nitrogens is 3. The summed E-state index contributed by atoms with van der Waals surface area (Å²) in [5, 5.41) is 4.01. The van der Waals surface area contributed by atoms with Crippen LogP contribution in [0.2, 0.25) is 0 Å². The van der Waals surface area contributed by atoms with Crippen LogP contribution in [-0.2, 0) is 23.1 Å². The number of rotatable bonds is 5. The van der Waals surface area contributed by atoms with Crippen molar-refractivity contribution in [2.75, 3.05) is 26.9 Å². The van der Waals surface area contributed by atoms with Crippen molar-refractivity contribution in [1.29, 1.82) is 0 Å². The van der Waals surface area contributed by atoms with Gasteiger partial charge in [-0.25, -0.2) is 0 Å². The molecule has 0 spiro atoms. The van der Waals surface area contributed by atoms with Crippen LogP contribution in [-0.4, -0.2) is 52.4 Å². The van der Waals surface area contributed by atoms with Crippen LogP contribution in [0.1, 0.15) is 28.2 Å². The van der Waals surface area contributed by atoms with E-state index in [4.69, 9.17) is 14.0 Å². The first kappa shape index (κ1) is 18.4. The fourth-order valence-electron chi connectivity index (χ4n) is 3.42. The molecule has 0 aliphatic carbocycles. The SMILES string of the molecule is COCc1nc([C@H]2COCCN2C(=O)c2ccc(-c3ccccc3)n2C)no1. The van der Waals surface area contributed by atoms with Gasteiger partial charge in [-0.3, -0.25) is 4.79 Å². The Morgan fingerprint density at radius 3 is 2.86 bits per heavy atom. The quantitative estimate of drug-likeness (QED) is 0.674. The van der Waals surface area contributed by atoms with Gasteiger partial charge in [0.1, 0.15) is 18.3 Å². The summed E-state index contributed by atoms with van der Waals surface area (Å²) in [6, 6.07) is 13.4. The zero-order valence-electron chi connectivity index (χ0n) is 15.9. The molecule has 146 valence electrons. The third-order valence-corrected chi connectivity index (χ3v) is 4.85. The number of carbonyl (C=O) groups is 1. The van der Waals surface area contributed by atoms with Gasteiger partial charge >= 0.3 is 0 Å². The highest BCUT2D eigenvalue weighted by molar-refractivity contribution is 5.94. The first-order chi connectivity index (χ1) is 13.7.